The molecule has 0 radical (unpaired) electrons. The fourth-order valence-electron chi connectivity index (χ4n) is 6.05. The van der Waals surface area contributed by atoms with Crippen LogP contribution in [0.25, 0.3) is 0 Å². The number of aromatic nitrogens is 2. The monoisotopic (exact) mass is 399 g/mol. The van der Waals surface area contributed by atoms with Crippen molar-refractivity contribution in [3.63, 3.8) is 0 Å². The molecule has 8 heteroatoms. The first kappa shape index (κ1) is 17.8. The first-order chi connectivity index (χ1) is 13.6. The van der Waals surface area contributed by atoms with Crippen LogP contribution in [0.3, 0.4) is 0 Å². The van der Waals surface area contributed by atoms with Crippen LogP contribution in [-0.4, -0.2) is 27.0 Å². The Morgan fingerprint density at radius 3 is 2.43 bits per heavy atom. The third-order valence-corrected chi connectivity index (χ3v) is 7.61. The number of nitrogens with zero attached hydrogens (tertiary/aromatic N) is 3. The SMILES string of the molecule is O=[N+]([O-])c1c(NCCc2cccs2)ncnc1NC12CC3CC(CC(C3)C1)C2. The molecular weight excluding hydrogens is 374 g/mol. The van der Waals surface area contributed by atoms with Crippen molar-refractivity contribution >= 4 is 28.7 Å². The largest absolute Gasteiger partial charge is 0.364 e. The first-order valence-corrected chi connectivity index (χ1v) is 11.0. The Balaban J connectivity index is 1.36. The van der Waals surface area contributed by atoms with Crippen molar-refractivity contribution < 1.29 is 4.92 Å². The fraction of sp³-hybridized carbons (Fsp3) is 0.600. The van der Waals surface area contributed by atoms with Crippen LogP contribution in [0.2, 0.25) is 0 Å². The Kier molecular flexibility index (Phi) is 4.45. The summed E-state index contributed by atoms with van der Waals surface area (Å²) in [6.45, 7) is 0.606. The molecule has 148 valence electrons. The third-order valence-electron chi connectivity index (χ3n) is 6.67. The van der Waals surface area contributed by atoms with Crippen LogP contribution < -0.4 is 10.6 Å². The van der Waals surface area contributed by atoms with Gasteiger partial charge in [0.2, 0.25) is 11.6 Å². The molecule has 4 fully saturated rings. The number of hydrogen-bond acceptors (Lipinski definition) is 7. The van der Waals surface area contributed by atoms with E-state index in [1.807, 2.05) is 11.4 Å². The van der Waals surface area contributed by atoms with E-state index in [-0.39, 0.29) is 16.1 Å². The topological polar surface area (TPSA) is 93.0 Å². The van der Waals surface area contributed by atoms with Gasteiger partial charge in [0, 0.05) is 17.0 Å². The minimum absolute atomic E-state index is 0.0237. The Bertz CT molecular complexity index is 834. The molecule has 0 unspecified atom stereocenters. The summed E-state index contributed by atoms with van der Waals surface area (Å²) >= 11 is 1.69. The molecule has 4 aliphatic carbocycles. The summed E-state index contributed by atoms with van der Waals surface area (Å²) in [6, 6.07) is 4.08. The number of nitrogens with one attached hydrogen (secondary N) is 2. The molecule has 4 saturated carbocycles. The predicted molar refractivity (Wildman–Crippen MR) is 110 cm³/mol. The highest BCUT2D eigenvalue weighted by Gasteiger charge is 2.51. The average molecular weight is 400 g/mol. The van der Waals surface area contributed by atoms with E-state index in [0.717, 1.165) is 43.4 Å². The van der Waals surface area contributed by atoms with Gasteiger partial charge in [0.05, 0.1) is 4.92 Å². The quantitative estimate of drug-likeness (QED) is 0.527. The highest BCUT2D eigenvalue weighted by atomic mass is 32.1. The van der Waals surface area contributed by atoms with Gasteiger partial charge in [-0.3, -0.25) is 10.1 Å². The van der Waals surface area contributed by atoms with E-state index in [4.69, 9.17) is 0 Å². The Hall–Kier alpha value is -2.22. The summed E-state index contributed by atoms with van der Waals surface area (Å²) in [5, 5.41) is 20.6. The number of thiophene rings is 1. The van der Waals surface area contributed by atoms with Gasteiger partial charge in [0.1, 0.15) is 6.33 Å². The highest BCUT2D eigenvalue weighted by molar-refractivity contribution is 7.09. The second kappa shape index (κ2) is 6.99. The van der Waals surface area contributed by atoms with Crippen LogP contribution in [0.15, 0.2) is 23.8 Å². The van der Waals surface area contributed by atoms with Gasteiger partial charge in [0.25, 0.3) is 0 Å². The molecule has 2 N–H and O–H groups in total. The van der Waals surface area contributed by atoms with Crippen molar-refractivity contribution in [1.29, 1.82) is 0 Å². The lowest BCUT2D eigenvalue weighted by Gasteiger charge is -2.57. The van der Waals surface area contributed by atoms with Crippen molar-refractivity contribution in [3.8, 4) is 0 Å². The molecule has 0 amide bonds. The van der Waals surface area contributed by atoms with Gasteiger partial charge in [-0.1, -0.05) is 6.07 Å². The van der Waals surface area contributed by atoms with Crippen molar-refractivity contribution in [1.82, 2.24) is 9.97 Å². The van der Waals surface area contributed by atoms with Gasteiger partial charge in [-0.05, 0) is 74.1 Å². The van der Waals surface area contributed by atoms with E-state index < -0.39 is 0 Å². The van der Waals surface area contributed by atoms with Gasteiger partial charge < -0.3 is 10.6 Å². The molecule has 6 rings (SSSR count). The minimum atomic E-state index is -0.351. The van der Waals surface area contributed by atoms with Crippen LogP contribution in [0, 0.1) is 27.9 Å². The maximum atomic E-state index is 11.9. The fourth-order valence-corrected chi connectivity index (χ4v) is 6.76. The smallest absolute Gasteiger partial charge is 0.353 e. The molecule has 0 atom stereocenters. The maximum absolute atomic E-state index is 11.9. The van der Waals surface area contributed by atoms with Gasteiger partial charge in [0.15, 0.2) is 0 Å². The van der Waals surface area contributed by atoms with E-state index >= 15 is 0 Å². The second-order valence-electron chi connectivity index (χ2n) is 8.76. The molecule has 0 saturated heterocycles. The molecule has 2 aromatic rings. The Labute approximate surface area is 168 Å². The highest BCUT2D eigenvalue weighted by Crippen LogP contribution is 2.56. The van der Waals surface area contributed by atoms with Crippen LogP contribution in [0.5, 0.6) is 0 Å². The average Bonchev–Trinajstić information content (AvgIpc) is 3.13. The zero-order valence-electron chi connectivity index (χ0n) is 15.8. The van der Waals surface area contributed by atoms with E-state index in [0.29, 0.717) is 18.2 Å². The lowest BCUT2D eigenvalue weighted by molar-refractivity contribution is -0.383. The predicted octanol–water partition coefficient (Wildman–Crippen LogP) is 4.48. The lowest BCUT2D eigenvalue weighted by Crippen LogP contribution is -2.55. The number of hydrogen-bond donors (Lipinski definition) is 2. The Morgan fingerprint density at radius 2 is 1.82 bits per heavy atom. The number of nitro groups is 1. The Morgan fingerprint density at radius 1 is 1.14 bits per heavy atom. The molecule has 0 aliphatic heterocycles. The molecule has 2 heterocycles. The van der Waals surface area contributed by atoms with Gasteiger partial charge in [-0.15, -0.1) is 11.3 Å². The summed E-state index contributed by atoms with van der Waals surface area (Å²) in [5.74, 6) is 2.98. The lowest BCUT2D eigenvalue weighted by atomic mass is 9.53. The molecule has 4 bridgehead atoms. The molecule has 7 nitrogen and oxygen atoms in total. The first-order valence-electron chi connectivity index (χ1n) is 10.1. The summed E-state index contributed by atoms with van der Waals surface area (Å²) in [6.07, 6.45) is 9.59. The molecule has 0 aromatic carbocycles. The third kappa shape index (κ3) is 3.34. The minimum Gasteiger partial charge on any atom is -0.364 e. The number of anilines is 2. The molecule has 28 heavy (non-hydrogen) atoms. The zero-order valence-corrected chi connectivity index (χ0v) is 16.6. The summed E-state index contributed by atoms with van der Waals surface area (Å²) in [5.41, 5.74) is -0.0494. The van der Waals surface area contributed by atoms with Crippen LogP contribution >= 0.6 is 11.3 Å². The van der Waals surface area contributed by atoms with E-state index in [2.05, 4.69) is 26.7 Å². The van der Waals surface area contributed by atoms with Gasteiger partial charge in [-0.25, -0.2) is 9.97 Å². The van der Waals surface area contributed by atoms with Gasteiger partial charge >= 0.3 is 5.69 Å². The summed E-state index contributed by atoms with van der Waals surface area (Å²) in [4.78, 5) is 21.2. The standard InChI is InChI=1S/C20H25N5O2S/c26-25(27)17-18(21-4-3-16-2-1-5-28-16)22-12-23-19(17)24-20-9-13-6-14(10-20)8-15(7-13)11-20/h1-2,5,12-15H,3-4,6-11H2,(H2,21,22,23,24). The van der Waals surface area contributed by atoms with Gasteiger partial charge in [-0.2, -0.15) is 0 Å². The van der Waals surface area contributed by atoms with E-state index in [9.17, 15) is 10.1 Å². The second-order valence-corrected chi connectivity index (χ2v) is 9.79. The van der Waals surface area contributed by atoms with Crippen molar-refractivity contribution in [2.45, 2.75) is 50.5 Å². The number of rotatable bonds is 7. The van der Waals surface area contributed by atoms with Crippen molar-refractivity contribution in [3.05, 3.63) is 38.8 Å². The molecule has 4 aliphatic rings. The normalized spacial score (nSPS) is 30.4. The molecule has 0 spiro atoms. The van der Waals surface area contributed by atoms with Crippen molar-refractivity contribution in [2.24, 2.45) is 17.8 Å². The molecule has 2 aromatic heterocycles. The zero-order chi connectivity index (χ0) is 19.1. The van der Waals surface area contributed by atoms with Crippen LogP contribution in [0.1, 0.15) is 43.4 Å². The van der Waals surface area contributed by atoms with E-state index in [1.54, 1.807) is 11.3 Å². The van der Waals surface area contributed by atoms with Crippen molar-refractivity contribution in [2.75, 3.05) is 17.2 Å². The summed E-state index contributed by atoms with van der Waals surface area (Å²) < 4.78 is 0. The van der Waals surface area contributed by atoms with Crippen LogP contribution in [-0.2, 0) is 6.42 Å². The molecular formula is C20H25N5O2S. The van der Waals surface area contributed by atoms with Crippen LogP contribution in [0.4, 0.5) is 17.3 Å². The van der Waals surface area contributed by atoms with E-state index in [1.165, 1.54) is 30.5 Å². The summed E-state index contributed by atoms with van der Waals surface area (Å²) in [7, 11) is 0. The maximum Gasteiger partial charge on any atom is 0.353 e.